The Hall–Kier alpha value is -4.73. The van der Waals surface area contributed by atoms with Gasteiger partial charge in [0.1, 0.15) is 11.6 Å². The molecule has 3 aromatic heterocycles. The third-order valence-electron chi connectivity index (χ3n) is 8.45. The molecule has 0 aliphatic heterocycles. The fraction of sp³-hybridized carbons (Fsp3) is 0.190. The summed E-state index contributed by atoms with van der Waals surface area (Å²) in [5.41, 5.74) is 7.60. The molecule has 3 heterocycles. The van der Waals surface area contributed by atoms with Crippen LogP contribution in [0.3, 0.4) is 0 Å². The van der Waals surface area contributed by atoms with Gasteiger partial charge < -0.3 is 14.2 Å². The molecule has 0 unspecified atom stereocenters. The van der Waals surface area contributed by atoms with Crippen LogP contribution >= 0.6 is 0 Å². The molecule has 48 heavy (non-hydrogen) atoms. The maximum Gasteiger partial charge on any atom is 2.00 e. The van der Waals surface area contributed by atoms with Gasteiger partial charge >= 0.3 is 21.1 Å². The molecular formula is C42H38N4OPt. The van der Waals surface area contributed by atoms with E-state index in [9.17, 15) is 0 Å². The van der Waals surface area contributed by atoms with E-state index in [-0.39, 0.29) is 31.9 Å². The Bertz CT molecular complexity index is 2020. The van der Waals surface area contributed by atoms with Crippen LogP contribution in [-0.2, 0) is 31.9 Å². The zero-order valence-electron chi connectivity index (χ0n) is 28.1. The number of hydrogen-bond donors (Lipinski definition) is 0. The average molecular weight is 810 g/mol. The van der Waals surface area contributed by atoms with Gasteiger partial charge in [0.05, 0.1) is 0 Å². The topological polar surface area (TPSA) is 45.4 Å². The summed E-state index contributed by atoms with van der Waals surface area (Å²) in [6.45, 7) is 13.3. The van der Waals surface area contributed by atoms with Gasteiger partial charge in [0.15, 0.2) is 0 Å². The number of furan rings is 1. The first-order valence-corrected chi connectivity index (χ1v) is 16.0. The zero-order valence-corrected chi connectivity index (χ0v) is 30.3. The minimum atomic E-state index is -0.0221. The first-order chi connectivity index (χ1) is 22.6. The maximum atomic E-state index is 6.34. The SMILES string of the molecule is CC(C)(C)c1ccnc(N(c2[c-]c3c(cc2)oc2ccc(N(c4ccccc4)c4cc(C(C)(C)C)ccn4)[c-]c23)c2ccccc2)c1.[Pt+2]. The molecule has 5 nitrogen and oxygen atoms in total. The molecule has 7 rings (SSSR count). The fourth-order valence-electron chi connectivity index (χ4n) is 5.82. The van der Waals surface area contributed by atoms with Crippen molar-refractivity contribution in [3.63, 3.8) is 0 Å². The van der Waals surface area contributed by atoms with Gasteiger partial charge in [-0.15, -0.1) is 24.3 Å². The Kier molecular flexibility index (Phi) is 9.02. The standard InChI is InChI=1S/C42H38N4O.Pt/c1-41(2,3)29-21-23-43-39(25-29)45(31-13-9-7-10-14-31)33-17-19-37-35(27-33)36-28-34(18-20-38(36)47-37)46(32-15-11-8-12-16-32)40-26-30(22-24-44-40)42(4,5)6;/h7-26H,1-6H3;/q-2;+2. The predicted molar refractivity (Wildman–Crippen MR) is 194 cm³/mol. The van der Waals surface area contributed by atoms with Crippen LogP contribution in [0.1, 0.15) is 52.7 Å². The summed E-state index contributed by atoms with van der Waals surface area (Å²) in [4.78, 5) is 13.9. The van der Waals surface area contributed by atoms with Crippen molar-refractivity contribution in [2.75, 3.05) is 9.80 Å². The van der Waals surface area contributed by atoms with Crippen molar-refractivity contribution in [2.45, 2.75) is 52.4 Å². The number of para-hydroxylation sites is 2. The Labute approximate surface area is 297 Å². The van der Waals surface area contributed by atoms with Crippen LogP contribution in [0.15, 0.2) is 126 Å². The first kappa shape index (κ1) is 33.2. The minimum Gasteiger partial charge on any atom is -0.564 e. The van der Waals surface area contributed by atoms with E-state index < -0.39 is 0 Å². The van der Waals surface area contributed by atoms with Crippen LogP contribution in [0.2, 0.25) is 0 Å². The molecule has 0 atom stereocenters. The summed E-state index contributed by atoms with van der Waals surface area (Å²) in [6, 6.07) is 44.6. The van der Waals surface area contributed by atoms with Crippen LogP contribution in [0, 0.1) is 12.1 Å². The van der Waals surface area contributed by atoms with Gasteiger partial charge in [0.2, 0.25) is 0 Å². The van der Waals surface area contributed by atoms with Gasteiger partial charge in [-0.3, -0.25) is 0 Å². The number of anilines is 6. The molecule has 0 aliphatic rings. The normalized spacial score (nSPS) is 11.8. The van der Waals surface area contributed by atoms with Gasteiger partial charge in [-0.05, 0) is 93.0 Å². The van der Waals surface area contributed by atoms with Crippen molar-refractivity contribution in [3.05, 3.63) is 145 Å². The van der Waals surface area contributed by atoms with Gasteiger partial charge in [-0.1, -0.05) is 77.9 Å². The van der Waals surface area contributed by atoms with E-state index in [1.165, 1.54) is 11.1 Å². The largest absolute Gasteiger partial charge is 2.00 e. The summed E-state index contributed by atoms with van der Waals surface area (Å²) in [5, 5.41) is 1.72. The van der Waals surface area contributed by atoms with Crippen molar-refractivity contribution in [1.82, 2.24) is 9.97 Å². The van der Waals surface area contributed by atoms with Crippen molar-refractivity contribution >= 4 is 56.3 Å². The smallest absolute Gasteiger partial charge is 0.564 e. The molecule has 0 radical (unpaired) electrons. The summed E-state index contributed by atoms with van der Waals surface area (Å²) in [5.74, 6) is 1.66. The average Bonchev–Trinajstić information content (AvgIpc) is 3.43. The number of aromatic nitrogens is 2. The maximum absolute atomic E-state index is 6.34. The van der Waals surface area contributed by atoms with E-state index in [0.717, 1.165) is 56.3 Å². The van der Waals surface area contributed by atoms with Gasteiger partial charge in [-0.2, -0.15) is 22.9 Å². The van der Waals surface area contributed by atoms with Crippen molar-refractivity contribution in [2.24, 2.45) is 0 Å². The molecule has 0 aliphatic carbocycles. The molecule has 7 aromatic rings. The molecule has 0 saturated carbocycles. The molecule has 242 valence electrons. The number of benzene rings is 4. The predicted octanol–water partition coefficient (Wildman–Crippen LogP) is 11.5. The summed E-state index contributed by atoms with van der Waals surface area (Å²) in [7, 11) is 0. The van der Waals surface area contributed by atoms with E-state index in [0.29, 0.717) is 0 Å². The van der Waals surface area contributed by atoms with Crippen LogP contribution in [0.5, 0.6) is 0 Å². The second-order valence-electron chi connectivity index (χ2n) is 13.9. The Morgan fingerprint density at radius 3 is 1.29 bits per heavy atom. The molecular weight excluding hydrogens is 772 g/mol. The molecule has 0 spiro atoms. The van der Waals surface area contributed by atoms with Gasteiger partial charge in [0.25, 0.3) is 0 Å². The number of pyridine rings is 2. The van der Waals surface area contributed by atoms with E-state index in [4.69, 9.17) is 14.4 Å². The number of fused-ring (bicyclic) bond motifs is 3. The van der Waals surface area contributed by atoms with Crippen molar-refractivity contribution in [3.8, 4) is 0 Å². The molecule has 0 N–H and O–H groups in total. The summed E-state index contributed by atoms with van der Waals surface area (Å²) < 4.78 is 6.34. The van der Waals surface area contributed by atoms with Crippen LogP contribution in [-0.4, -0.2) is 9.97 Å². The monoisotopic (exact) mass is 809 g/mol. The van der Waals surface area contributed by atoms with Crippen LogP contribution in [0.25, 0.3) is 21.9 Å². The summed E-state index contributed by atoms with van der Waals surface area (Å²) in [6.07, 6.45) is 3.77. The quantitative estimate of drug-likeness (QED) is 0.157. The Morgan fingerprint density at radius 1 is 0.521 bits per heavy atom. The first-order valence-electron chi connectivity index (χ1n) is 16.0. The van der Waals surface area contributed by atoms with E-state index in [1.807, 2.05) is 73.1 Å². The number of hydrogen-bond acceptors (Lipinski definition) is 5. The van der Waals surface area contributed by atoms with Gasteiger partial charge in [0, 0.05) is 23.8 Å². The third kappa shape index (κ3) is 6.53. The second kappa shape index (κ2) is 13.1. The molecule has 0 amide bonds. The third-order valence-corrected chi connectivity index (χ3v) is 8.45. The fourth-order valence-corrected chi connectivity index (χ4v) is 5.82. The molecule has 4 aromatic carbocycles. The second-order valence-corrected chi connectivity index (χ2v) is 13.9. The molecule has 6 heteroatoms. The molecule has 0 bridgehead atoms. The number of rotatable bonds is 6. The molecule has 0 fully saturated rings. The Balaban J connectivity index is 0.00000401. The van der Waals surface area contributed by atoms with Gasteiger partial charge in [-0.25, -0.2) is 9.97 Å². The number of nitrogens with zero attached hydrogens (tertiary/aromatic N) is 4. The van der Waals surface area contributed by atoms with Crippen molar-refractivity contribution in [1.29, 1.82) is 0 Å². The van der Waals surface area contributed by atoms with E-state index in [1.54, 1.807) is 0 Å². The van der Waals surface area contributed by atoms with Crippen molar-refractivity contribution < 1.29 is 25.5 Å². The molecule has 0 saturated heterocycles. The van der Waals surface area contributed by atoms with E-state index in [2.05, 4.69) is 112 Å². The minimum absolute atomic E-state index is 0. The Morgan fingerprint density at radius 2 is 0.917 bits per heavy atom. The summed E-state index contributed by atoms with van der Waals surface area (Å²) >= 11 is 0. The zero-order chi connectivity index (χ0) is 32.8. The van der Waals surface area contributed by atoms with E-state index >= 15 is 0 Å². The van der Waals surface area contributed by atoms with Crippen LogP contribution < -0.4 is 9.80 Å². The van der Waals surface area contributed by atoms with Crippen LogP contribution in [0.4, 0.5) is 34.4 Å².